The van der Waals surface area contributed by atoms with Crippen LogP contribution in [0.3, 0.4) is 0 Å². The number of esters is 1. The van der Waals surface area contributed by atoms with Crippen molar-refractivity contribution < 1.29 is 27.9 Å². The fourth-order valence-corrected chi connectivity index (χ4v) is 5.46. The molecule has 2 saturated heterocycles. The van der Waals surface area contributed by atoms with Gasteiger partial charge in [-0.3, -0.25) is 19.0 Å². The largest absolute Gasteiger partial charge is 0.464 e. The van der Waals surface area contributed by atoms with Gasteiger partial charge in [-0.05, 0) is 37.9 Å². The van der Waals surface area contributed by atoms with Gasteiger partial charge in [0, 0.05) is 12.5 Å². The quantitative estimate of drug-likeness (QED) is 0.381. The summed E-state index contributed by atoms with van der Waals surface area (Å²) in [7, 11) is -3.94. The number of rotatable bonds is 12. The lowest BCUT2D eigenvalue weighted by molar-refractivity contribution is -0.146. The van der Waals surface area contributed by atoms with E-state index in [0.29, 0.717) is 12.4 Å². The van der Waals surface area contributed by atoms with Crippen molar-refractivity contribution in [3.63, 3.8) is 0 Å². The summed E-state index contributed by atoms with van der Waals surface area (Å²) in [5.41, 5.74) is 0. The Morgan fingerprint density at radius 1 is 1.26 bits per heavy atom. The molecule has 2 aliphatic heterocycles. The zero-order valence-corrected chi connectivity index (χ0v) is 19.4. The van der Waals surface area contributed by atoms with Crippen molar-refractivity contribution in [2.24, 2.45) is 11.8 Å². The number of carbonyl (C=O) groups is 2. The van der Waals surface area contributed by atoms with Crippen molar-refractivity contribution in [3.05, 3.63) is 30.3 Å². The van der Waals surface area contributed by atoms with Crippen molar-refractivity contribution in [1.29, 1.82) is 0 Å². The lowest BCUT2D eigenvalue weighted by Crippen LogP contribution is -2.41. The third-order valence-electron chi connectivity index (χ3n) is 6.08. The van der Waals surface area contributed by atoms with Crippen LogP contribution in [0.5, 0.6) is 5.75 Å². The molecule has 2 fully saturated rings. The average Bonchev–Trinajstić information content (AvgIpc) is 3.35. The van der Waals surface area contributed by atoms with Gasteiger partial charge >= 0.3 is 13.7 Å². The molecule has 1 N–H and O–H groups in total. The minimum Gasteiger partial charge on any atom is -0.464 e. The molecule has 31 heavy (non-hydrogen) atoms. The fourth-order valence-electron chi connectivity index (χ4n) is 3.96. The molecule has 0 spiro atoms. The Hall–Kier alpha value is -1.73. The summed E-state index contributed by atoms with van der Waals surface area (Å²) in [4.78, 5) is 26.9. The third kappa shape index (κ3) is 6.16. The second-order valence-corrected chi connectivity index (χ2v) is 9.95. The highest BCUT2D eigenvalue weighted by atomic mass is 31.2. The van der Waals surface area contributed by atoms with E-state index in [9.17, 15) is 14.2 Å². The molecule has 2 unspecified atom stereocenters. The van der Waals surface area contributed by atoms with Crippen LogP contribution in [0.25, 0.3) is 0 Å². The maximum absolute atomic E-state index is 13.5. The van der Waals surface area contributed by atoms with E-state index in [2.05, 4.69) is 5.09 Å². The summed E-state index contributed by atoms with van der Waals surface area (Å²) in [5, 5.41) is 2.69. The van der Waals surface area contributed by atoms with Gasteiger partial charge in [0.15, 0.2) is 5.78 Å². The first-order valence-electron chi connectivity index (χ1n) is 11.1. The minimum absolute atomic E-state index is 0.0370. The molecule has 9 heteroatoms. The van der Waals surface area contributed by atoms with E-state index in [1.165, 1.54) is 0 Å². The monoisotopic (exact) mass is 452 g/mol. The van der Waals surface area contributed by atoms with Crippen LogP contribution in [0, 0.1) is 11.8 Å². The molecule has 172 valence electrons. The Morgan fingerprint density at radius 3 is 2.58 bits per heavy atom. The highest BCUT2D eigenvalue weighted by molar-refractivity contribution is 7.52. The fraction of sp³-hybridized carbons (Fsp3) is 0.636. The summed E-state index contributed by atoms with van der Waals surface area (Å²) in [6.45, 7) is 7.48. The number of fused-ring (bicyclic) bond motifs is 2. The first kappa shape index (κ1) is 23.9. The number of nitrogens with zero attached hydrogens (tertiary/aromatic N) is 1. The number of hydrogen-bond donors (Lipinski definition) is 1. The maximum Gasteiger partial charge on any atom is 0.459 e. The van der Waals surface area contributed by atoms with E-state index in [1.54, 1.807) is 31.2 Å². The number of nitrogens with one attached hydrogen (secondary N) is 1. The highest BCUT2D eigenvalue weighted by Gasteiger charge is 2.46. The van der Waals surface area contributed by atoms with Crippen LogP contribution in [0.4, 0.5) is 0 Å². The first-order valence-corrected chi connectivity index (χ1v) is 12.6. The number of carbonyl (C=O) groups excluding carboxylic acids is 2. The normalized spacial score (nSPS) is 25.4. The smallest absolute Gasteiger partial charge is 0.459 e. The molecule has 2 heterocycles. The topological polar surface area (TPSA) is 94.2 Å². The Bertz CT molecular complexity index is 800. The summed E-state index contributed by atoms with van der Waals surface area (Å²) in [5.74, 6) is 0.269. The highest BCUT2D eigenvalue weighted by Crippen LogP contribution is 2.46. The lowest BCUT2D eigenvalue weighted by atomic mass is 9.99. The molecule has 5 atom stereocenters. The van der Waals surface area contributed by atoms with Gasteiger partial charge in [0.1, 0.15) is 11.8 Å². The van der Waals surface area contributed by atoms with Crippen molar-refractivity contribution in [2.75, 3.05) is 26.3 Å². The minimum atomic E-state index is -3.94. The predicted molar refractivity (Wildman–Crippen MR) is 117 cm³/mol. The van der Waals surface area contributed by atoms with E-state index >= 15 is 0 Å². The van der Waals surface area contributed by atoms with Crippen LogP contribution in [0.2, 0.25) is 0 Å². The molecule has 3 rings (SSSR count). The van der Waals surface area contributed by atoms with Crippen LogP contribution >= 0.6 is 7.75 Å². The number of para-hydroxylation sites is 1. The van der Waals surface area contributed by atoms with Gasteiger partial charge < -0.3 is 9.26 Å². The van der Waals surface area contributed by atoms with Gasteiger partial charge in [0.05, 0.1) is 19.3 Å². The van der Waals surface area contributed by atoms with E-state index in [-0.39, 0.29) is 24.2 Å². The van der Waals surface area contributed by atoms with Crippen molar-refractivity contribution in [3.8, 4) is 5.75 Å². The molecule has 1 aromatic rings. The predicted octanol–water partition coefficient (Wildman–Crippen LogP) is 3.42. The first-order chi connectivity index (χ1) is 14.8. The Labute approximate surface area is 184 Å². The number of ketones is 1. The van der Waals surface area contributed by atoms with Gasteiger partial charge in [0.25, 0.3) is 0 Å². The molecular formula is C22H33N2O6P. The van der Waals surface area contributed by atoms with Crippen LogP contribution < -0.4 is 9.61 Å². The third-order valence-corrected chi connectivity index (χ3v) is 7.73. The van der Waals surface area contributed by atoms with Crippen LogP contribution in [0.15, 0.2) is 30.3 Å². The summed E-state index contributed by atoms with van der Waals surface area (Å²) < 4.78 is 30.2. The molecule has 0 amide bonds. The number of ether oxygens (including phenoxy) is 1. The zero-order chi connectivity index (χ0) is 22.4. The standard InChI is InChI=1S/C22H33N2O6P/c1-4-17(5-2)14-28-22(26)16(3)23-31(27,30-19-9-7-6-8-10-19)29-15-20-21(25)18-11-12-24(20)13-18/h6-10,16-18,20H,4-5,11-15H2,1-3H3,(H,23,27)/t16-,18+,20+,31?/m0/s1. The van der Waals surface area contributed by atoms with Gasteiger partial charge in [-0.1, -0.05) is 44.9 Å². The van der Waals surface area contributed by atoms with E-state index < -0.39 is 25.8 Å². The Morgan fingerprint density at radius 2 is 1.97 bits per heavy atom. The summed E-state index contributed by atoms with van der Waals surface area (Å²) in [6.07, 6.45) is 2.69. The van der Waals surface area contributed by atoms with Gasteiger partial charge in [-0.2, -0.15) is 5.09 Å². The van der Waals surface area contributed by atoms with Crippen molar-refractivity contribution in [1.82, 2.24) is 9.99 Å². The lowest BCUT2D eigenvalue weighted by Gasteiger charge is -2.27. The molecule has 0 aliphatic carbocycles. The van der Waals surface area contributed by atoms with Crippen molar-refractivity contribution in [2.45, 2.75) is 52.1 Å². The second-order valence-electron chi connectivity index (χ2n) is 8.26. The maximum atomic E-state index is 13.5. The molecule has 2 aliphatic rings. The Kier molecular flexibility index (Phi) is 8.28. The molecule has 0 saturated carbocycles. The Balaban J connectivity index is 1.64. The van der Waals surface area contributed by atoms with Gasteiger partial charge in [-0.15, -0.1) is 0 Å². The molecule has 2 bridgehead atoms. The average molecular weight is 452 g/mol. The number of hydrogen-bond acceptors (Lipinski definition) is 7. The van der Waals surface area contributed by atoms with Gasteiger partial charge in [-0.25, -0.2) is 4.57 Å². The number of Topliss-reactive ketones (excluding diaryl/α,β-unsaturated/α-hetero) is 1. The van der Waals surface area contributed by atoms with Crippen LogP contribution in [0.1, 0.15) is 40.0 Å². The zero-order valence-electron chi connectivity index (χ0n) is 18.5. The number of benzene rings is 1. The SMILES string of the molecule is CCC(CC)COC(=O)[C@H](C)NP(=O)(OC[C@@H]1C(=O)[C@@H]2CCN1C2)Oc1ccccc1. The van der Waals surface area contributed by atoms with Gasteiger partial charge in [0.2, 0.25) is 0 Å². The van der Waals surface area contributed by atoms with E-state index in [1.807, 2.05) is 24.8 Å². The molecular weight excluding hydrogens is 419 g/mol. The van der Waals surface area contributed by atoms with Crippen molar-refractivity contribution >= 4 is 19.5 Å². The molecule has 1 aromatic carbocycles. The summed E-state index contributed by atoms with van der Waals surface area (Å²) in [6, 6.07) is 7.28. The summed E-state index contributed by atoms with van der Waals surface area (Å²) >= 11 is 0. The van der Waals surface area contributed by atoms with E-state index in [4.69, 9.17) is 13.8 Å². The molecule has 0 radical (unpaired) electrons. The van der Waals surface area contributed by atoms with E-state index in [0.717, 1.165) is 32.4 Å². The molecule has 8 nitrogen and oxygen atoms in total. The second kappa shape index (κ2) is 10.7. The number of piperidine rings is 1. The van der Waals surface area contributed by atoms with Crippen LogP contribution in [-0.2, 0) is 23.4 Å². The van der Waals surface area contributed by atoms with Crippen LogP contribution in [-0.4, -0.2) is 55.0 Å². The molecule has 0 aromatic heterocycles.